The Kier molecular flexibility index (Phi) is 5.82. The number of likely N-dealkylation sites (tertiary alicyclic amines) is 1. The molecule has 5 nitrogen and oxygen atoms in total. The first-order valence-electron chi connectivity index (χ1n) is 7.69. The van der Waals surface area contributed by atoms with Crippen LogP contribution >= 0.6 is 15.9 Å². The van der Waals surface area contributed by atoms with E-state index in [4.69, 9.17) is 10.5 Å². The molecule has 0 radical (unpaired) electrons. The number of piperidine rings is 1. The molecule has 2 N–H and O–H groups in total. The van der Waals surface area contributed by atoms with Crippen molar-refractivity contribution in [3.05, 3.63) is 16.4 Å². The molecule has 1 fully saturated rings. The molecule has 1 atom stereocenters. The minimum absolute atomic E-state index is 0.0895. The second kappa shape index (κ2) is 7.22. The van der Waals surface area contributed by atoms with Gasteiger partial charge in [-0.15, -0.1) is 0 Å². The summed E-state index contributed by atoms with van der Waals surface area (Å²) in [5, 5.41) is 4.42. The highest BCUT2D eigenvalue weighted by atomic mass is 79.9. The van der Waals surface area contributed by atoms with Gasteiger partial charge in [0.1, 0.15) is 0 Å². The van der Waals surface area contributed by atoms with Gasteiger partial charge in [0.05, 0.1) is 35.6 Å². The number of methoxy groups -OCH3 is 1. The lowest BCUT2D eigenvalue weighted by molar-refractivity contribution is 0.0695. The lowest BCUT2D eigenvalue weighted by atomic mass is 9.88. The molecular weight excluding hydrogens is 332 g/mol. The van der Waals surface area contributed by atoms with Crippen LogP contribution in [-0.4, -0.2) is 47.0 Å². The number of hydrogen-bond donors (Lipinski definition) is 1. The Balaban J connectivity index is 2.21. The van der Waals surface area contributed by atoms with E-state index in [1.165, 1.54) is 19.3 Å². The molecule has 2 rings (SSSR count). The first-order chi connectivity index (χ1) is 9.98. The SMILES string of the molecule is COCCn1ncc(Br)c1C(N)C(C)(C)N1CCCCC1. The van der Waals surface area contributed by atoms with Crippen molar-refractivity contribution in [3.63, 3.8) is 0 Å². The van der Waals surface area contributed by atoms with E-state index in [-0.39, 0.29) is 11.6 Å². The highest BCUT2D eigenvalue weighted by molar-refractivity contribution is 9.10. The average Bonchev–Trinajstić information content (AvgIpc) is 2.86. The van der Waals surface area contributed by atoms with Gasteiger partial charge in [0.2, 0.25) is 0 Å². The fourth-order valence-electron chi connectivity index (χ4n) is 3.04. The summed E-state index contributed by atoms with van der Waals surface area (Å²) in [5.74, 6) is 0. The first-order valence-corrected chi connectivity index (χ1v) is 8.48. The number of nitrogens with zero attached hydrogens (tertiary/aromatic N) is 3. The van der Waals surface area contributed by atoms with Crippen LogP contribution in [0.25, 0.3) is 0 Å². The second-order valence-corrected chi connectivity index (χ2v) is 7.13. The van der Waals surface area contributed by atoms with Gasteiger partial charge in [0.15, 0.2) is 0 Å². The van der Waals surface area contributed by atoms with Crippen LogP contribution in [0.1, 0.15) is 44.8 Å². The van der Waals surface area contributed by atoms with Crippen molar-refractivity contribution in [2.24, 2.45) is 5.73 Å². The van der Waals surface area contributed by atoms with E-state index >= 15 is 0 Å². The minimum Gasteiger partial charge on any atom is -0.383 e. The maximum Gasteiger partial charge on any atom is 0.0713 e. The van der Waals surface area contributed by atoms with Gasteiger partial charge in [-0.05, 0) is 55.7 Å². The summed E-state index contributed by atoms with van der Waals surface area (Å²) in [6, 6.07) is -0.0932. The minimum atomic E-state index is -0.0932. The Bertz CT molecular complexity index is 455. The zero-order chi connectivity index (χ0) is 15.5. The van der Waals surface area contributed by atoms with Crippen molar-refractivity contribution in [2.45, 2.75) is 51.2 Å². The van der Waals surface area contributed by atoms with E-state index < -0.39 is 0 Å². The number of rotatable bonds is 6. The zero-order valence-electron chi connectivity index (χ0n) is 13.3. The molecule has 1 aromatic rings. The molecule has 1 saturated heterocycles. The molecule has 1 aliphatic rings. The Morgan fingerprint density at radius 1 is 1.38 bits per heavy atom. The topological polar surface area (TPSA) is 56.3 Å². The van der Waals surface area contributed by atoms with Gasteiger partial charge in [-0.1, -0.05) is 6.42 Å². The first kappa shape index (κ1) is 16.9. The van der Waals surface area contributed by atoms with Crippen LogP contribution < -0.4 is 5.73 Å². The third-order valence-electron chi connectivity index (χ3n) is 4.57. The summed E-state index contributed by atoms with van der Waals surface area (Å²) in [5.41, 5.74) is 7.62. The normalized spacial score (nSPS) is 18.9. The van der Waals surface area contributed by atoms with Crippen molar-refractivity contribution in [3.8, 4) is 0 Å². The van der Waals surface area contributed by atoms with Gasteiger partial charge in [0, 0.05) is 12.6 Å². The summed E-state index contributed by atoms with van der Waals surface area (Å²) in [4.78, 5) is 2.52. The van der Waals surface area contributed by atoms with Crippen molar-refractivity contribution in [2.75, 3.05) is 26.8 Å². The second-order valence-electron chi connectivity index (χ2n) is 6.27. The molecule has 1 aromatic heterocycles. The van der Waals surface area contributed by atoms with Crippen LogP contribution in [0.3, 0.4) is 0 Å². The molecule has 1 unspecified atom stereocenters. The largest absolute Gasteiger partial charge is 0.383 e. The summed E-state index contributed by atoms with van der Waals surface area (Å²) in [6.45, 7) is 8.10. The molecule has 0 amide bonds. The lowest BCUT2D eigenvalue weighted by Crippen LogP contribution is -2.53. The quantitative estimate of drug-likeness (QED) is 0.848. The van der Waals surface area contributed by atoms with E-state index in [1.807, 2.05) is 10.9 Å². The number of halogens is 1. The van der Waals surface area contributed by atoms with Crippen molar-refractivity contribution in [1.82, 2.24) is 14.7 Å². The third kappa shape index (κ3) is 3.67. The average molecular weight is 359 g/mol. The molecule has 120 valence electrons. The molecule has 2 heterocycles. The Hall–Kier alpha value is -0.430. The van der Waals surface area contributed by atoms with Crippen molar-refractivity contribution < 1.29 is 4.74 Å². The smallest absolute Gasteiger partial charge is 0.0713 e. The van der Waals surface area contributed by atoms with E-state index in [1.54, 1.807) is 7.11 Å². The maximum atomic E-state index is 6.65. The summed E-state index contributed by atoms with van der Waals surface area (Å²) in [7, 11) is 1.70. The van der Waals surface area contributed by atoms with Gasteiger partial charge in [0.25, 0.3) is 0 Å². The van der Waals surface area contributed by atoms with E-state index in [9.17, 15) is 0 Å². The zero-order valence-corrected chi connectivity index (χ0v) is 14.9. The predicted molar refractivity (Wildman–Crippen MR) is 88.2 cm³/mol. The molecule has 0 saturated carbocycles. The predicted octanol–water partition coefficient (Wildman–Crippen LogP) is 2.56. The fourth-order valence-corrected chi connectivity index (χ4v) is 3.58. The summed E-state index contributed by atoms with van der Waals surface area (Å²) >= 11 is 3.60. The number of aromatic nitrogens is 2. The molecule has 21 heavy (non-hydrogen) atoms. The molecule has 0 aromatic carbocycles. The van der Waals surface area contributed by atoms with Crippen LogP contribution in [-0.2, 0) is 11.3 Å². The lowest BCUT2D eigenvalue weighted by Gasteiger charge is -2.44. The molecule has 1 aliphatic heterocycles. The Labute approximate surface area is 135 Å². The third-order valence-corrected chi connectivity index (χ3v) is 5.18. The highest BCUT2D eigenvalue weighted by Crippen LogP contribution is 2.34. The van der Waals surface area contributed by atoms with Crippen molar-refractivity contribution >= 4 is 15.9 Å². The van der Waals surface area contributed by atoms with Crippen molar-refractivity contribution in [1.29, 1.82) is 0 Å². The number of nitrogens with two attached hydrogens (primary N) is 1. The van der Waals surface area contributed by atoms with Gasteiger partial charge in [-0.2, -0.15) is 5.10 Å². The summed E-state index contributed by atoms with van der Waals surface area (Å²) < 4.78 is 8.11. The monoisotopic (exact) mass is 358 g/mol. The Morgan fingerprint density at radius 2 is 2.05 bits per heavy atom. The molecule has 0 spiro atoms. The van der Waals surface area contributed by atoms with E-state index in [0.29, 0.717) is 6.61 Å². The van der Waals surface area contributed by atoms with Crippen LogP contribution in [0, 0.1) is 0 Å². The number of hydrogen-bond acceptors (Lipinski definition) is 4. The standard InChI is InChI=1S/C15H27BrN4O/c1-15(2,19-7-5-4-6-8-19)14(17)13-12(16)11-18-20(13)9-10-21-3/h11,14H,4-10,17H2,1-3H3. The van der Waals surface area contributed by atoms with Crippen LogP contribution in [0.5, 0.6) is 0 Å². The number of ether oxygens (including phenoxy) is 1. The van der Waals surface area contributed by atoms with E-state index in [2.05, 4.69) is 39.8 Å². The van der Waals surface area contributed by atoms with Crippen LogP contribution in [0.4, 0.5) is 0 Å². The van der Waals surface area contributed by atoms with Gasteiger partial charge in [-0.3, -0.25) is 9.58 Å². The summed E-state index contributed by atoms with van der Waals surface area (Å²) in [6.07, 6.45) is 5.69. The molecule has 6 heteroatoms. The Morgan fingerprint density at radius 3 is 2.67 bits per heavy atom. The van der Waals surface area contributed by atoms with Crippen LogP contribution in [0.2, 0.25) is 0 Å². The molecular formula is C15H27BrN4O. The highest BCUT2D eigenvalue weighted by Gasteiger charge is 2.37. The van der Waals surface area contributed by atoms with Gasteiger partial charge in [-0.25, -0.2) is 0 Å². The molecule has 0 aliphatic carbocycles. The van der Waals surface area contributed by atoms with E-state index in [0.717, 1.165) is 29.8 Å². The molecule has 0 bridgehead atoms. The van der Waals surface area contributed by atoms with Gasteiger partial charge >= 0.3 is 0 Å². The van der Waals surface area contributed by atoms with Gasteiger partial charge < -0.3 is 10.5 Å². The maximum absolute atomic E-state index is 6.65. The fraction of sp³-hybridized carbons (Fsp3) is 0.800. The van der Waals surface area contributed by atoms with Crippen LogP contribution in [0.15, 0.2) is 10.7 Å².